The van der Waals surface area contributed by atoms with E-state index in [0.717, 1.165) is 37.5 Å². The predicted molar refractivity (Wildman–Crippen MR) is 84.6 cm³/mol. The SMILES string of the molecule is CCC1(C)CNC(C)(C2CC2)CN1Cc1cccc(F)c1. The van der Waals surface area contributed by atoms with Crippen LogP contribution in [0.1, 0.15) is 45.6 Å². The summed E-state index contributed by atoms with van der Waals surface area (Å²) >= 11 is 0. The first kappa shape index (κ1) is 15.0. The third kappa shape index (κ3) is 3.00. The fourth-order valence-corrected chi connectivity index (χ4v) is 3.59. The average Bonchev–Trinajstić information content (AvgIpc) is 3.28. The lowest BCUT2D eigenvalue weighted by Crippen LogP contribution is -2.68. The predicted octanol–water partition coefficient (Wildman–Crippen LogP) is 3.57. The van der Waals surface area contributed by atoms with E-state index >= 15 is 0 Å². The highest BCUT2D eigenvalue weighted by molar-refractivity contribution is 5.18. The molecule has 2 nitrogen and oxygen atoms in total. The molecule has 2 unspecified atom stereocenters. The summed E-state index contributed by atoms with van der Waals surface area (Å²) in [5.41, 5.74) is 1.46. The molecule has 1 aromatic rings. The summed E-state index contributed by atoms with van der Waals surface area (Å²) in [5, 5.41) is 3.81. The van der Waals surface area contributed by atoms with E-state index in [1.165, 1.54) is 18.9 Å². The van der Waals surface area contributed by atoms with Crippen molar-refractivity contribution in [1.29, 1.82) is 0 Å². The Labute approximate surface area is 127 Å². The average molecular weight is 290 g/mol. The van der Waals surface area contributed by atoms with Crippen molar-refractivity contribution in [2.45, 2.75) is 57.7 Å². The molecule has 0 amide bonds. The maximum absolute atomic E-state index is 13.5. The molecule has 2 atom stereocenters. The second-order valence-corrected chi connectivity index (χ2v) is 7.38. The highest BCUT2D eigenvalue weighted by Gasteiger charge is 2.48. The van der Waals surface area contributed by atoms with Gasteiger partial charge in [-0.2, -0.15) is 0 Å². The Kier molecular flexibility index (Phi) is 3.83. The topological polar surface area (TPSA) is 15.3 Å². The van der Waals surface area contributed by atoms with Crippen molar-refractivity contribution in [1.82, 2.24) is 10.2 Å². The molecule has 1 aliphatic heterocycles. The van der Waals surface area contributed by atoms with E-state index in [1.807, 2.05) is 12.1 Å². The van der Waals surface area contributed by atoms with Gasteiger partial charge in [0.1, 0.15) is 5.82 Å². The molecule has 1 aliphatic carbocycles. The van der Waals surface area contributed by atoms with Crippen LogP contribution < -0.4 is 5.32 Å². The Balaban J connectivity index is 1.80. The number of halogens is 1. The van der Waals surface area contributed by atoms with Gasteiger partial charge >= 0.3 is 0 Å². The summed E-state index contributed by atoms with van der Waals surface area (Å²) in [5.74, 6) is 0.680. The van der Waals surface area contributed by atoms with E-state index in [4.69, 9.17) is 0 Å². The largest absolute Gasteiger partial charge is 0.308 e. The van der Waals surface area contributed by atoms with Crippen LogP contribution in [0.4, 0.5) is 4.39 Å². The number of benzene rings is 1. The molecule has 1 saturated heterocycles. The maximum Gasteiger partial charge on any atom is 0.123 e. The second kappa shape index (κ2) is 5.36. The first-order valence-corrected chi connectivity index (χ1v) is 8.20. The molecule has 1 aromatic carbocycles. The van der Waals surface area contributed by atoms with Gasteiger partial charge in [-0.1, -0.05) is 19.1 Å². The zero-order valence-electron chi connectivity index (χ0n) is 13.5. The zero-order chi connectivity index (χ0) is 15.1. The summed E-state index contributed by atoms with van der Waals surface area (Å²) in [6, 6.07) is 7.05. The van der Waals surface area contributed by atoms with Crippen molar-refractivity contribution in [3.8, 4) is 0 Å². The molecule has 0 radical (unpaired) electrons. The Bertz CT molecular complexity index is 514. The second-order valence-electron chi connectivity index (χ2n) is 7.38. The number of piperazine rings is 1. The fraction of sp³-hybridized carbons (Fsp3) is 0.667. The molecule has 0 bridgehead atoms. The lowest BCUT2D eigenvalue weighted by molar-refractivity contribution is 0.00420. The van der Waals surface area contributed by atoms with Gasteiger partial charge in [0.05, 0.1) is 0 Å². The van der Waals surface area contributed by atoms with Crippen LogP contribution in [-0.4, -0.2) is 29.1 Å². The first-order chi connectivity index (χ1) is 9.95. The summed E-state index contributed by atoms with van der Waals surface area (Å²) in [6.45, 7) is 9.85. The van der Waals surface area contributed by atoms with Gasteiger partial charge in [-0.25, -0.2) is 4.39 Å². The summed E-state index contributed by atoms with van der Waals surface area (Å²) < 4.78 is 13.5. The molecular weight excluding hydrogens is 263 g/mol. The van der Waals surface area contributed by atoms with Crippen LogP contribution >= 0.6 is 0 Å². The molecule has 116 valence electrons. The molecule has 0 spiro atoms. The number of nitrogens with zero attached hydrogens (tertiary/aromatic N) is 1. The minimum absolute atomic E-state index is 0.134. The van der Waals surface area contributed by atoms with Crippen molar-refractivity contribution in [2.75, 3.05) is 13.1 Å². The normalized spacial score (nSPS) is 34.1. The van der Waals surface area contributed by atoms with Gasteiger partial charge in [-0.05, 0) is 56.7 Å². The van der Waals surface area contributed by atoms with Crippen molar-refractivity contribution in [2.24, 2.45) is 5.92 Å². The van der Waals surface area contributed by atoms with E-state index in [1.54, 1.807) is 6.07 Å². The van der Waals surface area contributed by atoms with Crippen LogP contribution in [0.15, 0.2) is 24.3 Å². The molecule has 1 N–H and O–H groups in total. The van der Waals surface area contributed by atoms with Crippen molar-refractivity contribution in [3.63, 3.8) is 0 Å². The lowest BCUT2D eigenvalue weighted by Gasteiger charge is -2.52. The number of rotatable bonds is 4. The Morgan fingerprint density at radius 3 is 2.71 bits per heavy atom. The number of hydrogen-bond acceptors (Lipinski definition) is 2. The van der Waals surface area contributed by atoms with E-state index < -0.39 is 0 Å². The van der Waals surface area contributed by atoms with Gasteiger partial charge < -0.3 is 5.32 Å². The van der Waals surface area contributed by atoms with E-state index in [2.05, 4.69) is 31.0 Å². The number of nitrogens with one attached hydrogen (secondary N) is 1. The van der Waals surface area contributed by atoms with E-state index in [9.17, 15) is 4.39 Å². The highest BCUT2D eigenvalue weighted by Crippen LogP contribution is 2.43. The van der Waals surface area contributed by atoms with E-state index in [0.29, 0.717) is 0 Å². The summed E-state index contributed by atoms with van der Waals surface area (Å²) in [7, 11) is 0. The summed E-state index contributed by atoms with van der Waals surface area (Å²) in [4.78, 5) is 2.57. The van der Waals surface area contributed by atoms with Gasteiger partial charge in [-0.15, -0.1) is 0 Å². The lowest BCUT2D eigenvalue weighted by atomic mass is 9.84. The van der Waals surface area contributed by atoms with Crippen LogP contribution in [0.5, 0.6) is 0 Å². The van der Waals surface area contributed by atoms with Crippen LogP contribution in [-0.2, 0) is 6.54 Å². The van der Waals surface area contributed by atoms with Crippen LogP contribution in [0.2, 0.25) is 0 Å². The minimum atomic E-state index is -0.134. The standard InChI is InChI=1S/C18H27FN2/c1-4-17(2)12-20-18(3,15-8-9-15)13-21(17)11-14-6-5-7-16(19)10-14/h5-7,10,15,20H,4,8-9,11-13H2,1-3H3. The quantitative estimate of drug-likeness (QED) is 0.912. The molecule has 2 fully saturated rings. The smallest absolute Gasteiger partial charge is 0.123 e. The zero-order valence-corrected chi connectivity index (χ0v) is 13.5. The van der Waals surface area contributed by atoms with Gasteiger partial charge in [0.2, 0.25) is 0 Å². The summed E-state index contributed by atoms with van der Waals surface area (Å²) in [6.07, 6.45) is 3.80. The highest BCUT2D eigenvalue weighted by atomic mass is 19.1. The Morgan fingerprint density at radius 2 is 2.10 bits per heavy atom. The molecule has 3 heteroatoms. The molecule has 0 aromatic heterocycles. The first-order valence-electron chi connectivity index (χ1n) is 8.20. The van der Waals surface area contributed by atoms with Gasteiger partial charge in [0.15, 0.2) is 0 Å². The fourth-order valence-electron chi connectivity index (χ4n) is 3.59. The third-order valence-corrected chi connectivity index (χ3v) is 5.66. The van der Waals surface area contributed by atoms with Crippen molar-refractivity contribution >= 4 is 0 Å². The Morgan fingerprint density at radius 1 is 1.33 bits per heavy atom. The molecule has 21 heavy (non-hydrogen) atoms. The maximum atomic E-state index is 13.5. The van der Waals surface area contributed by atoms with Crippen LogP contribution in [0, 0.1) is 11.7 Å². The molecule has 1 heterocycles. The Hall–Kier alpha value is -0.930. The van der Waals surface area contributed by atoms with Crippen molar-refractivity contribution < 1.29 is 4.39 Å². The van der Waals surface area contributed by atoms with Gasteiger partial charge in [-0.3, -0.25) is 4.90 Å². The molecule has 1 saturated carbocycles. The van der Waals surface area contributed by atoms with E-state index in [-0.39, 0.29) is 16.9 Å². The van der Waals surface area contributed by atoms with Crippen molar-refractivity contribution in [3.05, 3.63) is 35.6 Å². The molecule has 2 aliphatic rings. The minimum Gasteiger partial charge on any atom is -0.308 e. The van der Waals surface area contributed by atoms with Gasteiger partial charge in [0.25, 0.3) is 0 Å². The van der Waals surface area contributed by atoms with Crippen LogP contribution in [0.25, 0.3) is 0 Å². The third-order valence-electron chi connectivity index (χ3n) is 5.66. The monoisotopic (exact) mass is 290 g/mol. The van der Waals surface area contributed by atoms with Gasteiger partial charge in [0, 0.05) is 30.7 Å². The molecular formula is C18H27FN2. The molecule has 3 rings (SSSR count). The number of hydrogen-bond donors (Lipinski definition) is 1. The van der Waals surface area contributed by atoms with Crippen LogP contribution in [0.3, 0.4) is 0 Å².